The molecule has 3 heteroatoms. The molecule has 0 saturated heterocycles. The van der Waals surface area contributed by atoms with Gasteiger partial charge >= 0.3 is 5.97 Å². The molecule has 0 aromatic carbocycles. The van der Waals surface area contributed by atoms with E-state index in [4.69, 9.17) is 9.47 Å². The van der Waals surface area contributed by atoms with Crippen LogP contribution in [-0.2, 0) is 14.3 Å². The van der Waals surface area contributed by atoms with Crippen LogP contribution < -0.4 is 0 Å². The minimum atomic E-state index is -0.274. The van der Waals surface area contributed by atoms with Crippen LogP contribution in [0.25, 0.3) is 0 Å². The summed E-state index contributed by atoms with van der Waals surface area (Å²) in [6, 6.07) is 0. The van der Waals surface area contributed by atoms with Gasteiger partial charge in [0.1, 0.15) is 6.10 Å². The third-order valence-electron chi connectivity index (χ3n) is 11.5. The molecule has 0 N–H and O–H groups in total. The van der Waals surface area contributed by atoms with Crippen molar-refractivity contribution in [3.63, 3.8) is 0 Å². The first-order valence-corrected chi connectivity index (χ1v) is 15.5. The zero-order valence-corrected chi connectivity index (χ0v) is 24.8. The third kappa shape index (κ3) is 5.62. The first kappa shape index (κ1) is 28.5. The summed E-state index contributed by atoms with van der Waals surface area (Å²) >= 11 is 0. The van der Waals surface area contributed by atoms with Crippen LogP contribution in [-0.4, -0.2) is 18.7 Å². The number of esters is 1. The highest BCUT2D eigenvalue weighted by atomic mass is 16.5. The number of rotatable bonds is 9. The van der Waals surface area contributed by atoms with Crippen LogP contribution >= 0.6 is 0 Å². The highest BCUT2D eigenvalue weighted by Crippen LogP contribution is 2.67. The second-order valence-electron chi connectivity index (χ2n) is 13.6. The molecule has 0 spiro atoms. The molecule has 3 fully saturated rings. The van der Waals surface area contributed by atoms with Crippen LogP contribution in [0.3, 0.4) is 0 Å². The van der Waals surface area contributed by atoms with Crippen molar-refractivity contribution in [2.75, 3.05) is 6.61 Å². The van der Waals surface area contributed by atoms with Crippen LogP contribution in [0, 0.1) is 52.3 Å². The van der Waals surface area contributed by atoms with E-state index >= 15 is 0 Å². The van der Waals surface area contributed by atoms with Crippen molar-refractivity contribution < 1.29 is 14.3 Å². The topological polar surface area (TPSA) is 35.5 Å². The van der Waals surface area contributed by atoms with Crippen LogP contribution in [0.1, 0.15) is 106 Å². The van der Waals surface area contributed by atoms with Gasteiger partial charge in [-0.2, -0.15) is 0 Å². The van der Waals surface area contributed by atoms with Gasteiger partial charge in [0, 0.05) is 6.42 Å². The maximum Gasteiger partial charge on any atom is 0.334 e. The Labute approximate surface area is 227 Å². The normalized spacial score (nSPS) is 39.1. The number of allylic oxidation sites excluding steroid dienone is 3. The maximum atomic E-state index is 12.2. The average molecular weight is 511 g/mol. The van der Waals surface area contributed by atoms with Crippen molar-refractivity contribution in [3.05, 3.63) is 36.1 Å². The molecule has 0 aliphatic heterocycles. The summed E-state index contributed by atoms with van der Waals surface area (Å²) in [5.41, 5.74) is 2.33. The lowest BCUT2D eigenvalue weighted by Gasteiger charge is -2.58. The van der Waals surface area contributed by atoms with E-state index in [2.05, 4.69) is 59.8 Å². The Kier molecular flexibility index (Phi) is 9.01. The van der Waals surface area contributed by atoms with Crippen LogP contribution in [0.15, 0.2) is 36.1 Å². The van der Waals surface area contributed by atoms with E-state index in [1.165, 1.54) is 50.9 Å². The molecule has 37 heavy (non-hydrogen) atoms. The number of carbonyl (C=O) groups excluding carboxylic acids is 1. The number of fused-ring (bicyclic) bond motifs is 5. The largest absolute Gasteiger partial charge is 0.501 e. The van der Waals surface area contributed by atoms with E-state index in [1.54, 1.807) is 5.57 Å². The van der Waals surface area contributed by atoms with Gasteiger partial charge in [-0.15, -0.1) is 0 Å². The Balaban J connectivity index is 1.44. The zero-order valence-electron chi connectivity index (χ0n) is 24.8. The molecule has 4 aliphatic carbocycles. The van der Waals surface area contributed by atoms with Crippen LogP contribution in [0.5, 0.6) is 0 Å². The predicted molar refractivity (Wildman–Crippen MR) is 153 cm³/mol. The summed E-state index contributed by atoms with van der Waals surface area (Å²) in [6.07, 6.45) is 21.6. The Bertz CT molecular complexity index is 883. The van der Waals surface area contributed by atoms with Gasteiger partial charge in [-0.1, -0.05) is 65.3 Å². The summed E-state index contributed by atoms with van der Waals surface area (Å²) in [4.78, 5) is 12.2. The van der Waals surface area contributed by atoms with Crippen molar-refractivity contribution in [1.29, 1.82) is 0 Å². The zero-order chi connectivity index (χ0) is 26.8. The highest BCUT2D eigenvalue weighted by molar-refractivity contribution is 5.81. The monoisotopic (exact) mass is 510 g/mol. The molecule has 4 rings (SSSR count). The lowest BCUT2D eigenvalue weighted by atomic mass is 9.47. The second kappa shape index (κ2) is 11.7. The van der Waals surface area contributed by atoms with Crippen LogP contribution in [0.4, 0.5) is 0 Å². The quantitative estimate of drug-likeness (QED) is 0.134. The number of ether oxygens (including phenoxy) is 2. The van der Waals surface area contributed by atoms with E-state index in [-0.39, 0.29) is 17.5 Å². The summed E-state index contributed by atoms with van der Waals surface area (Å²) in [6.45, 7) is 17.2. The van der Waals surface area contributed by atoms with E-state index in [0.717, 1.165) is 48.9 Å². The Hall–Kier alpha value is -1.51. The van der Waals surface area contributed by atoms with Crippen LogP contribution in [0.2, 0.25) is 0 Å². The molecule has 3 saturated carbocycles. The fraction of sp³-hybridized carbons (Fsp3) is 0.794. The van der Waals surface area contributed by atoms with Gasteiger partial charge < -0.3 is 9.47 Å². The Morgan fingerprint density at radius 1 is 1.05 bits per heavy atom. The average Bonchev–Trinajstić information content (AvgIpc) is 3.22. The minimum absolute atomic E-state index is 0.00444. The van der Waals surface area contributed by atoms with E-state index in [1.807, 2.05) is 6.92 Å². The Morgan fingerprint density at radius 2 is 1.84 bits per heavy atom. The second-order valence-corrected chi connectivity index (χ2v) is 13.6. The molecular weight excluding hydrogens is 456 g/mol. The summed E-state index contributed by atoms with van der Waals surface area (Å²) in [5, 5.41) is 0. The van der Waals surface area contributed by atoms with Crippen molar-refractivity contribution in [1.82, 2.24) is 0 Å². The van der Waals surface area contributed by atoms with Gasteiger partial charge in [-0.25, -0.2) is 4.79 Å². The molecule has 0 heterocycles. The van der Waals surface area contributed by atoms with E-state index in [9.17, 15) is 4.79 Å². The molecule has 208 valence electrons. The molecule has 3 nitrogen and oxygen atoms in total. The van der Waals surface area contributed by atoms with Crippen molar-refractivity contribution in [2.24, 2.45) is 52.3 Å². The van der Waals surface area contributed by atoms with Gasteiger partial charge in [0.05, 0.1) is 18.9 Å². The highest BCUT2D eigenvalue weighted by Gasteiger charge is 2.59. The smallest absolute Gasteiger partial charge is 0.334 e. The first-order valence-electron chi connectivity index (χ1n) is 15.5. The van der Waals surface area contributed by atoms with Gasteiger partial charge in [-0.05, 0) is 111 Å². The van der Waals surface area contributed by atoms with Crippen molar-refractivity contribution in [3.8, 4) is 0 Å². The van der Waals surface area contributed by atoms with Gasteiger partial charge in [-0.3, -0.25) is 0 Å². The Morgan fingerprint density at radius 3 is 2.54 bits per heavy atom. The lowest BCUT2D eigenvalue weighted by molar-refractivity contribution is -0.145. The van der Waals surface area contributed by atoms with Crippen molar-refractivity contribution in [2.45, 2.75) is 112 Å². The first-order chi connectivity index (χ1) is 17.6. The van der Waals surface area contributed by atoms with Crippen molar-refractivity contribution >= 4 is 5.97 Å². The molecule has 0 aromatic rings. The van der Waals surface area contributed by atoms with E-state index < -0.39 is 0 Å². The number of hydrogen-bond donors (Lipinski definition) is 0. The molecular formula is C34H54O3. The molecule has 0 aromatic heterocycles. The standard InChI is InChI=1S/C34H54O3/c1-8-25(23(3)4)11-10-24(5)29-14-15-30-28-13-12-26-22-27(37-32(35)18-21-36-9-2)16-19-33(26,6)31(28)17-20-34(29,30)7/h10-12,18,21,23-25,27-31H,8-9,13-17,19-20,22H2,1-7H3/b11-10+,21-18+/t24-,25-,27+,28+,29-,30+,31+,33+,34-/m1/s1. The lowest BCUT2D eigenvalue weighted by Crippen LogP contribution is -2.51. The molecule has 4 aliphatic rings. The fourth-order valence-corrected chi connectivity index (χ4v) is 9.32. The molecule has 0 radical (unpaired) electrons. The maximum absolute atomic E-state index is 12.2. The molecule has 0 bridgehead atoms. The third-order valence-corrected chi connectivity index (χ3v) is 11.5. The summed E-state index contributed by atoms with van der Waals surface area (Å²) in [5.74, 6) is 5.11. The van der Waals surface area contributed by atoms with Gasteiger partial charge in [0.25, 0.3) is 0 Å². The SMILES string of the molecule is CCO/C=C/C(=O)O[C@H]1CC[C@@]2(C)C(=CC[C@H]3[C@@H]4CC[C@H]([C@H](C)/C=C/[C@@H](CC)C(C)C)[C@@]4(C)CC[C@@H]32)C1. The molecule has 0 unspecified atom stereocenters. The number of hydrogen-bond acceptors (Lipinski definition) is 3. The van der Waals surface area contributed by atoms with Gasteiger partial charge in [0.15, 0.2) is 0 Å². The predicted octanol–water partition coefficient (Wildman–Crippen LogP) is 8.90. The van der Waals surface area contributed by atoms with Gasteiger partial charge in [0.2, 0.25) is 0 Å². The molecule has 0 amide bonds. The van der Waals surface area contributed by atoms with E-state index in [0.29, 0.717) is 23.9 Å². The summed E-state index contributed by atoms with van der Waals surface area (Å²) in [7, 11) is 0. The minimum Gasteiger partial charge on any atom is -0.501 e. The summed E-state index contributed by atoms with van der Waals surface area (Å²) < 4.78 is 11.0. The fourth-order valence-electron chi connectivity index (χ4n) is 9.32. The number of carbonyl (C=O) groups is 1. The molecule has 9 atom stereocenters.